The molecule has 1 amide bonds. The summed E-state index contributed by atoms with van der Waals surface area (Å²) in [6.45, 7) is 1.98. The molecule has 0 aliphatic rings. The number of carbonyl (C=O) groups excluding carboxylic acids is 1. The maximum absolute atomic E-state index is 11.9. The molecule has 0 saturated carbocycles. The highest BCUT2D eigenvalue weighted by Crippen LogP contribution is 2.08. The van der Waals surface area contributed by atoms with E-state index in [1.807, 2.05) is 49.4 Å². The number of benzene rings is 2. The first-order chi connectivity index (χ1) is 8.66. The molecule has 0 aliphatic carbocycles. The summed E-state index contributed by atoms with van der Waals surface area (Å²) < 4.78 is 0. The van der Waals surface area contributed by atoms with E-state index in [1.165, 1.54) is 0 Å². The van der Waals surface area contributed by atoms with E-state index in [0.29, 0.717) is 5.56 Å². The van der Waals surface area contributed by atoms with E-state index in [4.69, 9.17) is 5.73 Å². The molecule has 2 aromatic carbocycles. The molecule has 0 radical (unpaired) electrons. The van der Waals surface area contributed by atoms with Gasteiger partial charge in [-0.05, 0) is 24.6 Å². The van der Waals surface area contributed by atoms with E-state index in [2.05, 4.69) is 5.32 Å². The van der Waals surface area contributed by atoms with Crippen LogP contribution in [-0.4, -0.2) is 5.91 Å². The molecule has 2 aromatic rings. The molecule has 92 valence electrons. The minimum atomic E-state index is -0.486. The van der Waals surface area contributed by atoms with E-state index in [9.17, 15) is 4.79 Å². The highest BCUT2D eigenvalue weighted by molar-refractivity contribution is 5.94. The summed E-state index contributed by atoms with van der Waals surface area (Å²) in [5.41, 5.74) is 8.56. The Bertz CT molecular complexity index is 520. The molecular weight excluding hydrogens is 224 g/mol. The molecule has 0 heterocycles. The molecular formula is C15H16N2O. The number of rotatable bonds is 3. The van der Waals surface area contributed by atoms with Crippen LogP contribution >= 0.6 is 0 Å². The number of nitrogens with two attached hydrogens (primary N) is 1. The van der Waals surface area contributed by atoms with E-state index in [1.54, 1.807) is 12.1 Å². The fourth-order valence-corrected chi connectivity index (χ4v) is 1.67. The van der Waals surface area contributed by atoms with Crippen LogP contribution in [0.4, 0.5) is 0 Å². The largest absolute Gasteiger partial charge is 0.333 e. The van der Waals surface area contributed by atoms with Crippen molar-refractivity contribution in [3.8, 4) is 0 Å². The molecule has 1 unspecified atom stereocenters. The van der Waals surface area contributed by atoms with Crippen LogP contribution in [0, 0.1) is 6.92 Å². The summed E-state index contributed by atoms with van der Waals surface area (Å²) in [5, 5.41) is 2.77. The van der Waals surface area contributed by atoms with Crippen LogP contribution in [0.1, 0.15) is 27.7 Å². The van der Waals surface area contributed by atoms with E-state index < -0.39 is 6.17 Å². The Hall–Kier alpha value is -2.13. The van der Waals surface area contributed by atoms with Crippen molar-refractivity contribution in [1.82, 2.24) is 5.32 Å². The SMILES string of the molecule is Cc1ccc(C(=O)NC(N)c2ccccc2)cc1. The predicted molar refractivity (Wildman–Crippen MR) is 72.0 cm³/mol. The lowest BCUT2D eigenvalue weighted by Crippen LogP contribution is -2.33. The Balaban J connectivity index is 2.06. The van der Waals surface area contributed by atoms with E-state index >= 15 is 0 Å². The van der Waals surface area contributed by atoms with Gasteiger partial charge in [-0.2, -0.15) is 0 Å². The molecule has 0 bridgehead atoms. The van der Waals surface area contributed by atoms with Gasteiger partial charge in [0, 0.05) is 5.56 Å². The van der Waals surface area contributed by atoms with Gasteiger partial charge in [-0.1, -0.05) is 48.0 Å². The molecule has 0 aromatic heterocycles. The predicted octanol–water partition coefficient (Wildman–Crippen LogP) is 2.38. The van der Waals surface area contributed by atoms with Crippen molar-refractivity contribution in [3.63, 3.8) is 0 Å². The number of hydrogen-bond acceptors (Lipinski definition) is 2. The molecule has 3 nitrogen and oxygen atoms in total. The van der Waals surface area contributed by atoms with E-state index in [-0.39, 0.29) is 5.91 Å². The Morgan fingerprint density at radius 1 is 1.06 bits per heavy atom. The second-order valence-corrected chi connectivity index (χ2v) is 4.23. The maximum atomic E-state index is 11.9. The van der Waals surface area contributed by atoms with Crippen molar-refractivity contribution >= 4 is 5.91 Å². The molecule has 2 rings (SSSR count). The van der Waals surface area contributed by atoms with Gasteiger partial charge in [-0.3, -0.25) is 4.79 Å². The zero-order valence-corrected chi connectivity index (χ0v) is 10.3. The second kappa shape index (κ2) is 5.47. The molecule has 0 spiro atoms. The average Bonchev–Trinajstić information content (AvgIpc) is 2.40. The van der Waals surface area contributed by atoms with Gasteiger partial charge in [0.05, 0.1) is 0 Å². The third-order valence-corrected chi connectivity index (χ3v) is 2.76. The summed E-state index contributed by atoms with van der Waals surface area (Å²) >= 11 is 0. The van der Waals surface area contributed by atoms with Crippen molar-refractivity contribution in [3.05, 3.63) is 71.3 Å². The highest BCUT2D eigenvalue weighted by atomic mass is 16.1. The first kappa shape index (κ1) is 12.3. The fourth-order valence-electron chi connectivity index (χ4n) is 1.67. The zero-order valence-electron chi connectivity index (χ0n) is 10.3. The normalized spacial score (nSPS) is 11.9. The summed E-state index contributed by atoms with van der Waals surface area (Å²) in [6, 6.07) is 16.9. The van der Waals surface area contributed by atoms with Gasteiger partial charge in [-0.15, -0.1) is 0 Å². The van der Waals surface area contributed by atoms with Crippen LogP contribution in [0.15, 0.2) is 54.6 Å². The average molecular weight is 240 g/mol. The Morgan fingerprint density at radius 2 is 1.67 bits per heavy atom. The number of aryl methyl sites for hydroxylation is 1. The second-order valence-electron chi connectivity index (χ2n) is 4.23. The van der Waals surface area contributed by atoms with E-state index in [0.717, 1.165) is 11.1 Å². The lowest BCUT2D eigenvalue weighted by atomic mass is 10.1. The number of amides is 1. The lowest BCUT2D eigenvalue weighted by molar-refractivity contribution is 0.0938. The number of carbonyl (C=O) groups is 1. The van der Waals surface area contributed by atoms with Gasteiger partial charge in [0.25, 0.3) is 5.91 Å². The van der Waals surface area contributed by atoms with Gasteiger partial charge < -0.3 is 11.1 Å². The van der Waals surface area contributed by atoms with Gasteiger partial charge in [0.2, 0.25) is 0 Å². The van der Waals surface area contributed by atoms with Crippen LogP contribution < -0.4 is 11.1 Å². The number of hydrogen-bond donors (Lipinski definition) is 2. The quantitative estimate of drug-likeness (QED) is 0.809. The van der Waals surface area contributed by atoms with Crippen molar-refractivity contribution in [1.29, 1.82) is 0 Å². The van der Waals surface area contributed by atoms with Gasteiger partial charge in [0.1, 0.15) is 6.17 Å². The maximum Gasteiger partial charge on any atom is 0.252 e. The van der Waals surface area contributed by atoms with Crippen LogP contribution in [0.25, 0.3) is 0 Å². The van der Waals surface area contributed by atoms with Crippen molar-refractivity contribution < 1.29 is 4.79 Å². The molecule has 0 aliphatic heterocycles. The first-order valence-corrected chi connectivity index (χ1v) is 5.85. The minimum absolute atomic E-state index is 0.161. The summed E-state index contributed by atoms with van der Waals surface area (Å²) in [7, 11) is 0. The molecule has 1 atom stereocenters. The summed E-state index contributed by atoms with van der Waals surface area (Å²) in [4.78, 5) is 11.9. The molecule has 0 fully saturated rings. The first-order valence-electron chi connectivity index (χ1n) is 5.85. The molecule has 18 heavy (non-hydrogen) atoms. The lowest BCUT2D eigenvalue weighted by Gasteiger charge is -2.14. The third kappa shape index (κ3) is 2.96. The van der Waals surface area contributed by atoms with Crippen LogP contribution in [-0.2, 0) is 0 Å². The monoisotopic (exact) mass is 240 g/mol. The van der Waals surface area contributed by atoms with Crippen LogP contribution in [0.2, 0.25) is 0 Å². The standard InChI is InChI=1S/C15H16N2O/c1-11-7-9-13(10-8-11)15(18)17-14(16)12-5-3-2-4-6-12/h2-10,14H,16H2,1H3,(H,17,18). The van der Waals surface area contributed by atoms with Crippen LogP contribution in [0.3, 0.4) is 0 Å². The zero-order chi connectivity index (χ0) is 13.0. The molecule has 3 N–H and O–H groups in total. The van der Waals surface area contributed by atoms with Gasteiger partial charge in [-0.25, -0.2) is 0 Å². The van der Waals surface area contributed by atoms with Crippen molar-refractivity contribution in [2.45, 2.75) is 13.1 Å². The van der Waals surface area contributed by atoms with Crippen LogP contribution in [0.5, 0.6) is 0 Å². The van der Waals surface area contributed by atoms with Gasteiger partial charge in [0.15, 0.2) is 0 Å². The summed E-state index contributed by atoms with van der Waals surface area (Å²) in [5.74, 6) is -0.161. The summed E-state index contributed by atoms with van der Waals surface area (Å²) in [6.07, 6.45) is -0.486. The van der Waals surface area contributed by atoms with Crippen molar-refractivity contribution in [2.24, 2.45) is 5.73 Å². The fraction of sp³-hybridized carbons (Fsp3) is 0.133. The van der Waals surface area contributed by atoms with Gasteiger partial charge >= 0.3 is 0 Å². The topological polar surface area (TPSA) is 55.1 Å². The Labute approximate surface area is 107 Å². The molecule has 0 saturated heterocycles. The highest BCUT2D eigenvalue weighted by Gasteiger charge is 2.10. The smallest absolute Gasteiger partial charge is 0.252 e. The number of nitrogens with one attached hydrogen (secondary N) is 1. The Kier molecular flexibility index (Phi) is 3.75. The minimum Gasteiger partial charge on any atom is -0.333 e. The third-order valence-electron chi connectivity index (χ3n) is 2.76. The Morgan fingerprint density at radius 3 is 2.28 bits per heavy atom. The molecule has 3 heteroatoms. The van der Waals surface area contributed by atoms with Crippen molar-refractivity contribution in [2.75, 3.05) is 0 Å².